The van der Waals surface area contributed by atoms with Crippen molar-refractivity contribution in [2.75, 3.05) is 19.7 Å². The number of likely N-dealkylation sites (tertiary alicyclic amines) is 1. The van der Waals surface area contributed by atoms with Gasteiger partial charge in [0, 0.05) is 13.1 Å². The van der Waals surface area contributed by atoms with Gasteiger partial charge in [0.1, 0.15) is 17.5 Å². The highest BCUT2D eigenvalue weighted by atomic mass is 16.6. The topological polar surface area (TPSA) is 75.4 Å². The van der Waals surface area contributed by atoms with Crippen LogP contribution in [0.2, 0.25) is 0 Å². The van der Waals surface area contributed by atoms with Gasteiger partial charge in [-0.05, 0) is 75.8 Å². The Morgan fingerprint density at radius 1 is 1.37 bits per heavy atom. The molecule has 1 spiro atoms. The van der Waals surface area contributed by atoms with Crippen LogP contribution in [0.1, 0.15) is 58.1 Å². The first-order valence-electron chi connectivity index (χ1n) is 9.94. The number of amides is 1. The van der Waals surface area contributed by atoms with E-state index in [1.165, 1.54) is 19.3 Å². The quantitative estimate of drug-likeness (QED) is 0.702. The number of rotatable bonds is 6. The SMILES string of the molecule is CC(C)OC(=O)N1CCC2(CC1)CC(CCCOc1ccc(C#N)nc1)C2. The lowest BCUT2D eigenvalue weighted by molar-refractivity contribution is -0.0203. The minimum absolute atomic E-state index is 0.0521. The molecule has 6 heteroatoms. The van der Waals surface area contributed by atoms with Gasteiger partial charge in [-0.2, -0.15) is 5.26 Å². The summed E-state index contributed by atoms with van der Waals surface area (Å²) in [5, 5.41) is 8.74. The van der Waals surface area contributed by atoms with E-state index in [1.807, 2.05) is 24.8 Å². The molecule has 0 radical (unpaired) electrons. The largest absolute Gasteiger partial charge is 0.492 e. The second kappa shape index (κ2) is 8.60. The zero-order chi connectivity index (χ0) is 19.3. The number of hydrogen-bond donors (Lipinski definition) is 0. The smallest absolute Gasteiger partial charge is 0.410 e. The molecule has 1 aliphatic carbocycles. The third-order valence-corrected chi connectivity index (χ3v) is 5.74. The first kappa shape index (κ1) is 19.5. The highest BCUT2D eigenvalue weighted by Crippen LogP contribution is 2.54. The van der Waals surface area contributed by atoms with Crippen LogP contribution >= 0.6 is 0 Å². The fourth-order valence-corrected chi connectivity index (χ4v) is 4.31. The second-order valence-electron chi connectivity index (χ2n) is 8.18. The van der Waals surface area contributed by atoms with Gasteiger partial charge in [-0.3, -0.25) is 0 Å². The van der Waals surface area contributed by atoms with Crippen molar-refractivity contribution in [1.82, 2.24) is 9.88 Å². The zero-order valence-corrected chi connectivity index (χ0v) is 16.3. The van der Waals surface area contributed by atoms with E-state index in [2.05, 4.69) is 4.98 Å². The molecule has 0 N–H and O–H groups in total. The highest BCUT2D eigenvalue weighted by molar-refractivity contribution is 5.67. The van der Waals surface area contributed by atoms with Gasteiger partial charge >= 0.3 is 6.09 Å². The summed E-state index contributed by atoms with van der Waals surface area (Å²) in [6, 6.07) is 5.47. The maximum atomic E-state index is 12.0. The summed E-state index contributed by atoms with van der Waals surface area (Å²) in [6.45, 7) is 6.12. The number of ether oxygens (including phenoxy) is 2. The number of piperidine rings is 1. The lowest BCUT2D eigenvalue weighted by atomic mass is 9.56. The number of nitriles is 1. The molecular formula is C21H29N3O3. The van der Waals surface area contributed by atoms with Gasteiger partial charge in [0.25, 0.3) is 0 Å². The predicted molar refractivity (Wildman–Crippen MR) is 101 cm³/mol. The number of hydrogen-bond acceptors (Lipinski definition) is 5. The van der Waals surface area contributed by atoms with E-state index in [1.54, 1.807) is 18.3 Å². The van der Waals surface area contributed by atoms with Gasteiger partial charge in [-0.25, -0.2) is 9.78 Å². The van der Waals surface area contributed by atoms with Crippen LogP contribution in [0.4, 0.5) is 4.79 Å². The van der Waals surface area contributed by atoms with Gasteiger partial charge in [-0.1, -0.05) is 0 Å². The van der Waals surface area contributed by atoms with Crippen LogP contribution in [0, 0.1) is 22.7 Å². The van der Waals surface area contributed by atoms with Crippen LogP contribution in [-0.2, 0) is 4.74 Å². The van der Waals surface area contributed by atoms with Crippen molar-refractivity contribution in [3.63, 3.8) is 0 Å². The van der Waals surface area contributed by atoms with Crippen LogP contribution < -0.4 is 4.74 Å². The summed E-state index contributed by atoms with van der Waals surface area (Å²) in [4.78, 5) is 17.9. The van der Waals surface area contributed by atoms with Gasteiger partial charge in [-0.15, -0.1) is 0 Å². The summed E-state index contributed by atoms with van der Waals surface area (Å²) < 4.78 is 11.0. The molecule has 1 aliphatic heterocycles. The van der Waals surface area contributed by atoms with Crippen molar-refractivity contribution in [2.24, 2.45) is 11.3 Å². The van der Waals surface area contributed by atoms with Crippen LogP contribution in [0.25, 0.3) is 0 Å². The van der Waals surface area contributed by atoms with Crippen LogP contribution in [-0.4, -0.2) is 41.8 Å². The van der Waals surface area contributed by atoms with E-state index in [0.29, 0.717) is 17.7 Å². The molecule has 2 fully saturated rings. The number of nitrogens with zero attached hydrogens (tertiary/aromatic N) is 3. The number of aromatic nitrogens is 1. The minimum atomic E-state index is -0.162. The number of pyridine rings is 1. The molecule has 0 aromatic carbocycles. The van der Waals surface area contributed by atoms with E-state index in [4.69, 9.17) is 14.7 Å². The lowest BCUT2D eigenvalue weighted by Crippen LogP contribution is -2.49. The zero-order valence-electron chi connectivity index (χ0n) is 16.3. The molecule has 1 amide bonds. The minimum Gasteiger partial charge on any atom is -0.492 e. The third-order valence-electron chi connectivity index (χ3n) is 5.74. The van der Waals surface area contributed by atoms with E-state index >= 15 is 0 Å². The fourth-order valence-electron chi connectivity index (χ4n) is 4.31. The van der Waals surface area contributed by atoms with Gasteiger partial charge in [0.15, 0.2) is 0 Å². The summed E-state index contributed by atoms with van der Waals surface area (Å²) in [6.07, 6.45) is 8.37. The molecular weight excluding hydrogens is 342 g/mol. The van der Waals surface area contributed by atoms with Crippen LogP contribution in [0.15, 0.2) is 18.3 Å². The monoisotopic (exact) mass is 371 g/mol. The first-order valence-corrected chi connectivity index (χ1v) is 9.94. The maximum absolute atomic E-state index is 12.0. The number of carbonyl (C=O) groups excluding carboxylic acids is 1. The molecule has 27 heavy (non-hydrogen) atoms. The Bertz CT molecular complexity index is 665. The molecule has 0 atom stereocenters. The molecule has 6 nitrogen and oxygen atoms in total. The summed E-state index contributed by atoms with van der Waals surface area (Å²) >= 11 is 0. The lowest BCUT2D eigenvalue weighted by Gasteiger charge is -2.52. The average molecular weight is 371 g/mol. The summed E-state index contributed by atoms with van der Waals surface area (Å²) in [5.41, 5.74) is 0.864. The van der Waals surface area contributed by atoms with E-state index in [-0.39, 0.29) is 12.2 Å². The average Bonchev–Trinajstić information content (AvgIpc) is 2.64. The predicted octanol–water partition coefficient (Wildman–Crippen LogP) is 4.15. The van der Waals surface area contributed by atoms with Crippen molar-refractivity contribution >= 4 is 6.09 Å². The summed E-state index contributed by atoms with van der Waals surface area (Å²) in [5.74, 6) is 1.50. The molecule has 2 aliphatic rings. The van der Waals surface area contributed by atoms with Crippen LogP contribution in [0.5, 0.6) is 5.75 Å². The van der Waals surface area contributed by atoms with Crippen molar-refractivity contribution in [2.45, 2.75) is 58.5 Å². The molecule has 1 aromatic heterocycles. The normalized spacial score (nSPS) is 18.8. The van der Waals surface area contributed by atoms with E-state index in [0.717, 1.165) is 44.0 Å². The molecule has 2 heterocycles. The molecule has 146 valence electrons. The van der Waals surface area contributed by atoms with Gasteiger partial charge in [0.2, 0.25) is 0 Å². The third kappa shape index (κ3) is 5.12. The Hall–Kier alpha value is -2.29. The van der Waals surface area contributed by atoms with Crippen LogP contribution in [0.3, 0.4) is 0 Å². The molecule has 1 saturated heterocycles. The number of carbonyl (C=O) groups is 1. The maximum Gasteiger partial charge on any atom is 0.410 e. The second-order valence-corrected chi connectivity index (χ2v) is 8.18. The fraction of sp³-hybridized carbons (Fsp3) is 0.667. The Kier molecular flexibility index (Phi) is 6.20. The molecule has 1 aromatic rings. The van der Waals surface area contributed by atoms with E-state index in [9.17, 15) is 4.79 Å². The summed E-state index contributed by atoms with van der Waals surface area (Å²) in [7, 11) is 0. The first-order chi connectivity index (χ1) is 13.0. The Balaban J connectivity index is 1.30. The van der Waals surface area contributed by atoms with Gasteiger partial charge < -0.3 is 14.4 Å². The highest BCUT2D eigenvalue weighted by Gasteiger charge is 2.45. The van der Waals surface area contributed by atoms with Crippen molar-refractivity contribution in [3.05, 3.63) is 24.0 Å². The Labute approximate surface area is 161 Å². The van der Waals surface area contributed by atoms with Crippen molar-refractivity contribution in [3.8, 4) is 11.8 Å². The van der Waals surface area contributed by atoms with Crippen molar-refractivity contribution < 1.29 is 14.3 Å². The molecule has 3 rings (SSSR count). The molecule has 1 saturated carbocycles. The molecule has 0 bridgehead atoms. The standard InChI is InChI=1S/C21H29N3O3/c1-16(2)27-20(25)24-9-7-21(8-10-24)12-17(13-21)4-3-11-26-19-6-5-18(14-22)23-15-19/h5-6,15-17H,3-4,7-13H2,1-2H3. The Morgan fingerprint density at radius 3 is 2.70 bits per heavy atom. The Morgan fingerprint density at radius 2 is 2.11 bits per heavy atom. The van der Waals surface area contributed by atoms with Crippen molar-refractivity contribution in [1.29, 1.82) is 5.26 Å². The van der Waals surface area contributed by atoms with Gasteiger partial charge in [0.05, 0.1) is 18.9 Å². The molecule has 0 unspecified atom stereocenters. The van der Waals surface area contributed by atoms with E-state index < -0.39 is 0 Å².